The normalized spacial score (nSPS) is 12.8. The molecule has 0 fully saturated rings. The number of rotatable bonds is 7. The summed E-state index contributed by atoms with van der Waals surface area (Å²) in [4.78, 5) is 1.27. The topological polar surface area (TPSA) is 46.2 Å². The van der Waals surface area contributed by atoms with E-state index in [9.17, 15) is 8.42 Å². The van der Waals surface area contributed by atoms with Crippen molar-refractivity contribution in [3.63, 3.8) is 0 Å². The fraction of sp³-hybridized carbons (Fsp3) is 0.238. The molecule has 0 saturated carbocycles. The average molecular weight is 386 g/mol. The van der Waals surface area contributed by atoms with Crippen molar-refractivity contribution in [1.82, 2.24) is 4.72 Å². The van der Waals surface area contributed by atoms with Gasteiger partial charge in [-0.2, -0.15) is 4.72 Å². The third-order valence-electron chi connectivity index (χ3n) is 4.28. The molecular formula is C21H23NO2S2. The molecule has 0 bridgehead atoms. The van der Waals surface area contributed by atoms with E-state index in [2.05, 4.69) is 11.6 Å². The van der Waals surface area contributed by atoms with E-state index in [1.165, 1.54) is 0 Å². The van der Waals surface area contributed by atoms with Gasteiger partial charge in [0.15, 0.2) is 0 Å². The van der Waals surface area contributed by atoms with Crippen LogP contribution >= 0.6 is 11.3 Å². The van der Waals surface area contributed by atoms with Crippen LogP contribution in [-0.2, 0) is 16.4 Å². The van der Waals surface area contributed by atoms with Crippen LogP contribution in [0.5, 0.6) is 0 Å². The predicted octanol–water partition coefficient (Wildman–Crippen LogP) is 5.08. The summed E-state index contributed by atoms with van der Waals surface area (Å²) in [5.74, 6) is 0. The highest BCUT2D eigenvalue weighted by atomic mass is 32.2. The number of hydrogen-bond acceptors (Lipinski definition) is 3. The molecule has 0 saturated heterocycles. The summed E-state index contributed by atoms with van der Waals surface area (Å²) < 4.78 is 28.8. The molecule has 0 amide bonds. The second kappa shape index (κ2) is 8.16. The Hall–Kier alpha value is -1.95. The second-order valence-corrected chi connectivity index (χ2v) is 9.07. The van der Waals surface area contributed by atoms with Crippen molar-refractivity contribution >= 4 is 21.4 Å². The molecule has 1 N–H and O–H groups in total. The Morgan fingerprint density at radius 1 is 1.00 bits per heavy atom. The van der Waals surface area contributed by atoms with Crippen molar-refractivity contribution in [1.29, 1.82) is 0 Å². The number of hydrogen-bond donors (Lipinski definition) is 1. The third kappa shape index (κ3) is 4.41. The molecule has 0 aliphatic heterocycles. The lowest BCUT2D eigenvalue weighted by molar-refractivity contribution is 0.573. The minimum atomic E-state index is -3.62. The molecule has 3 aromatic rings. The molecule has 3 nitrogen and oxygen atoms in total. The van der Waals surface area contributed by atoms with Gasteiger partial charge in [0.25, 0.3) is 0 Å². The largest absolute Gasteiger partial charge is 0.241 e. The Balaban J connectivity index is 1.91. The van der Waals surface area contributed by atoms with E-state index in [1.54, 1.807) is 23.5 Å². The first-order valence-corrected chi connectivity index (χ1v) is 11.1. The Morgan fingerprint density at radius 3 is 2.27 bits per heavy atom. The summed E-state index contributed by atoms with van der Waals surface area (Å²) in [5, 5.41) is 1.96. The molecule has 26 heavy (non-hydrogen) atoms. The molecule has 2 aromatic carbocycles. The molecule has 0 radical (unpaired) electrons. The maximum Gasteiger partial charge on any atom is 0.241 e. The van der Waals surface area contributed by atoms with Gasteiger partial charge in [0.05, 0.1) is 10.9 Å². The van der Waals surface area contributed by atoms with Gasteiger partial charge in [-0.25, -0.2) is 8.42 Å². The fourth-order valence-corrected chi connectivity index (χ4v) is 4.93. The van der Waals surface area contributed by atoms with Crippen LogP contribution in [0, 0.1) is 6.92 Å². The van der Waals surface area contributed by atoms with Gasteiger partial charge in [0.2, 0.25) is 10.0 Å². The van der Waals surface area contributed by atoms with E-state index < -0.39 is 16.1 Å². The van der Waals surface area contributed by atoms with Gasteiger partial charge in [-0.05, 0) is 48.1 Å². The summed E-state index contributed by atoms with van der Waals surface area (Å²) in [7, 11) is -3.62. The zero-order chi connectivity index (χ0) is 18.6. The molecule has 0 spiro atoms. The molecule has 1 unspecified atom stereocenters. The highest BCUT2D eigenvalue weighted by Crippen LogP contribution is 2.28. The maximum atomic E-state index is 12.9. The fourth-order valence-electron chi connectivity index (χ4n) is 2.85. The van der Waals surface area contributed by atoms with Crippen LogP contribution in [0.15, 0.2) is 70.9 Å². The number of benzene rings is 2. The third-order valence-corrected chi connectivity index (χ3v) is 6.66. The molecule has 0 aliphatic rings. The van der Waals surface area contributed by atoms with E-state index in [1.807, 2.05) is 60.8 Å². The first-order chi connectivity index (χ1) is 12.5. The standard InChI is InChI=1S/C21H23NO2S2/c1-3-5-17-9-13-19(14-10-17)26(23,24)22-21(20-6-4-15-25-20)18-11-7-16(2)8-12-18/h4,6-15,21-22H,3,5H2,1-2H3. The molecule has 0 aliphatic carbocycles. The highest BCUT2D eigenvalue weighted by Gasteiger charge is 2.23. The first kappa shape index (κ1) is 18.8. The van der Waals surface area contributed by atoms with Crippen molar-refractivity contribution in [2.45, 2.75) is 37.6 Å². The quantitative estimate of drug-likeness (QED) is 0.617. The number of sulfonamides is 1. The van der Waals surface area contributed by atoms with E-state index in [0.29, 0.717) is 4.90 Å². The lowest BCUT2D eigenvalue weighted by Gasteiger charge is -2.18. The van der Waals surface area contributed by atoms with Gasteiger partial charge < -0.3 is 0 Å². The minimum absolute atomic E-state index is 0.297. The van der Waals surface area contributed by atoms with E-state index >= 15 is 0 Å². The van der Waals surface area contributed by atoms with Crippen LogP contribution in [0.2, 0.25) is 0 Å². The first-order valence-electron chi connectivity index (χ1n) is 8.71. The van der Waals surface area contributed by atoms with Gasteiger partial charge in [-0.3, -0.25) is 0 Å². The smallest absolute Gasteiger partial charge is 0.207 e. The Labute approximate surface area is 159 Å². The molecule has 1 atom stereocenters. The Bertz CT molecular complexity index is 929. The molecular weight excluding hydrogens is 362 g/mol. The molecule has 3 rings (SSSR count). The number of thiophene rings is 1. The Kier molecular flexibility index (Phi) is 5.91. The van der Waals surface area contributed by atoms with Gasteiger partial charge in [-0.15, -0.1) is 11.3 Å². The van der Waals surface area contributed by atoms with Crippen LogP contribution in [0.25, 0.3) is 0 Å². The summed E-state index contributed by atoms with van der Waals surface area (Å²) in [6, 6.07) is 18.6. The van der Waals surface area contributed by atoms with Gasteiger partial charge in [-0.1, -0.05) is 61.4 Å². The van der Waals surface area contributed by atoms with E-state index in [4.69, 9.17) is 0 Å². The zero-order valence-electron chi connectivity index (χ0n) is 15.0. The van der Waals surface area contributed by atoms with Gasteiger partial charge >= 0.3 is 0 Å². The van der Waals surface area contributed by atoms with Crippen molar-refractivity contribution < 1.29 is 8.42 Å². The molecule has 1 heterocycles. The van der Waals surface area contributed by atoms with Crippen LogP contribution in [-0.4, -0.2) is 8.42 Å². The van der Waals surface area contributed by atoms with Crippen LogP contribution in [0.3, 0.4) is 0 Å². The van der Waals surface area contributed by atoms with Crippen molar-refractivity contribution in [2.75, 3.05) is 0 Å². The lowest BCUT2D eigenvalue weighted by atomic mass is 10.0. The van der Waals surface area contributed by atoms with Crippen LogP contribution < -0.4 is 4.72 Å². The van der Waals surface area contributed by atoms with E-state index in [-0.39, 0.29) is 0 Å². The molecule has 136 valence electrons. The predicted molar refractivity (Wildman–Crippen MR) is 108 cm³/mol. The molecule has 1 aromatic heterocycles. The van der Waals surface area contributed by atoms with Crippen LogP contribution in [0.4, 0.5) is 0 Å². The summed E-state index contributed by atoms with van der Waals surface area (Å²) in [5.41, 5.74) is 3.23. The number of nitrogens with one attached hydrogen (secondary N) is 1. The highest BCUT2D eigenvalue weighted by molar-refractivity contribution is 7.89. The summed E-state index contributed by atoms with van der Waals surface area (Å²) in [6.45, 7) is 4.13. The van der Waals surface area contributed by atoms with Crippen molar-refractivity contribution in [3.05, 3.63) is 87.6 Å². The monoisotopic (exact) mass is 385 g/mol. The van der Waals surface area contributed by atoms with E-state index in [0.717, 1.165) is 34.4 Å². The minimum Gasteiger partial charge on any atom is -0.207 e. The average Bonchev–Trinajstić information content (AvgIpc) is 3.16. The van der Waals surface area contributed by atoms with Gasteiger partial charge in [0, 0.05) is 4.88 Å². The van der Waals surface area contributed by atoms with Gasteiger partial charge in [0.1, 0.15) is 0 Å². The van der Waals surface area contributed by atoms with Crippen molar-refractivity contribution in [2.24, 2.45) is 0 Å². The summed E-state index contributed by atoms with van der Waals surface area (Å²) in [6.07, 6.45) is 1.99. The van der Waals surface area contributed by atoms with Crippen LogP contribution in [0.1, 0.15) is 41.0 Å². The SMILES string of the molecule is CCCc1ccc(S(=O)(=O)NC(c2ccc(C)cc2)c2cccs2)cc1. The lowest BCUT2D eigenvalue weighted by Crippen LogP contribution is -2.29. The van der Waals surface area contributed by atoms with Crippen molar-refractivity contribution in [3.8, 4) is 0 Å². The zero-order valence-corrected chi connectivity index (χ0v) is 16.6. The summed E-state index contributed by atoms with van der Waals surface area (Å²) >= 11 is 1.55. The number of aryl methyl sites for hydroxylation is 2. The Morgan fingerprint density at radius 2 is 1.69 bits per heavy atom. The maximum absolute atomic E-state index is 12.9. The second-order valence-electron chi connectivity index (χ2n) is 6.37. The molecule has 5 heteroatoms.